The van der Waals surface area contributed by atoms with Crippen molar-refractivity contribution in [2.45, 2.75) is 19.5 Å². The molecule has 0 bridgehead atoms. The van der Waals surface area contributed by atoms with Crippen LogP contribution in [0.5, 0.6) is 5.75 Å². The van der Waals surface area contributed by atoms with Gasteiger partial charge in [-0.3, -0.25) is 0 Å². The number of benzene rings is 2. The van der Waals surface area contributed by atoms with Gasteiger partial charge in [-0.25, -0.2) is 0 Å². The third kappa shape index (κ3) is 3.72. The summed E-state index contributed by atoms with van der Waals surface area (Å²) in [5.74, 6) is 0.911. The number of hydrogen-bond donors (Lipinski definition) is 1. The minimum absolute atomic E-state index is 0.218. The zero-order chi connectivity index (χ0) is 13.7. The SMILES string of the molecule is COc1ccccc1C(C)NCc1cccc(Cl)c1. The Morgan fingerprint density at radius 3 is 2.68 bits per heavy atom. The molecular weight excluding hydrogens is 258 g/mol. The lowest BCUT2D eigenvalue weighted by Crippen LogP contribution is -2.18. The van der Waals surface area contributed by atoms with Gasteiger partial charge in [0.15, 0.2) is 0 Å². The zero-order valence-electron chi connectivity index (χ0n) is 11.2. The first-order valence-electron chi connectivity index (χ1n) is 6.31. The fourth-order valence-electron chi connectivity index (χ4n) is 2.05. The van der Waals surface area contributed by atoms with Crippen LogP contribution >= 0.6 is 11.6 Å². The van der Waals surface area contributed by atoms with Crippen LogP contribution in [0.1, 0.15) is 24.1 Å². The van der Waals surface area contributed by atoms with Crippen molar-refractivity contribution < 1.29 is 4.74 Å². The van der Waals surface area contributed by atoms with Gasteiger partial charge in [0, 0.05) is 23.2 Å². The van der Waals surface area contributed by atoms with E-state index in [1.807, 2.05) is 36.4 Å². The van der Waals surface area contributed by atoms with Crippen LogP contribution in [0.15, 0.2) is 48.5 Å². The van der Waals surface area contributed by atoms with Gasteiger partial charge in [-0.1, -0.05) is 41.9 Å². The molecule has 1 unspecified atom stereocenters. The highest BCUT2D eigenvalue weighted by Crippen LogP contribution is 2.24. The van der Waals surface area contributed by atoms with E-state index >= 15 is 0 Å². The van der Waals surface area contributed by atoms with Crippen LogP contribution in [0.3, 0.4) is 0 Å². The molecule has 0 spiro atoms. The maximum absolute atomic E-state index is 5.98. The molecule has 0 radical (unpaired) electrons. The predicted molar refractivity (Wildman–Crippen MR) is 79.7 cm³/mol. The van der Waals surface area contributed by atoms with E-state index < -0.39 is 0 Å². The van der Waals surface area contributed by atoms with Crippen LogP contribution < -0.4 is 10.1 Å². The highest BCUT2D eigenvalue weighted by molar-refractivity contribution is 6.30. The second-order valence-corrected chi connectivity index (χ2v) is 4.91. The normalized spacial score (nSPS) is 12.2. The molecule has 0 amide bonds. The minimum atomic E-state index is 0.218. The second-order valence-electron chi connectivity index (χ2n) is 4.47. The minimum Gasteiger partial charge on any atom is -0.496 e. The van der Waals surface area contributed by atoms with Gasteiger partial charge in [0.05, 0.1) is 7.11 Å². The first-order valence-corrected chi connectivity index (χ1v) is 6.69. The number of methoxy groups -OCH3 is 1. The third-order valence-corrected chi connectivity index (χ3v) is 3.34. The Labute approximate surface area is 119 Å². The number of ether oxygens (including phenoxy) is 1. The van der Waals surface area contributed by atoms with Gasteiger partial charge >= 0.3 is 0 Å². The molecule has 0 heterocycles. The van der Waals surface area contributed by atoms with Gasteiger partial charge in [-0.15, -0.1) is 0 Å². The standard InChI is InChI=1S/C16H18ClNO/c1-12(15-8-3-4-9-16(15)19-2)18-11-13-6-5-7-14(17)10-13/h3-10,12,18H,11H2,1-2H3. The molecule has 2 nitrogen and oxygen atoms in total. The lowest BCUT2D eigenvalue weighted by atomic mass is 10.1. The molecule has 2 aromatic carbocycles. The second kappa shape index (κ2) is 6.60. The Bertz CT molecular complexity index is 542. The summed E-state index contributed by atoms with van der Waals surface area (Å²) < 4.78 is 5.38. The van der Waals surface area contributed by atoms with Crippen LogP contribution in [0, 0.1) is 0 Å². The summed E-state index contributed by atoms with van der Waals surface area (Å²) in [5.41, 5.74) is 2.33. The molecule has 1 N–H and O–H groups in total. The Kier molecular flexibility index (Phi) is 4.83. The van der Waals surface area contributed by atoms with Crippen molar-refractivity contribution in [3.63, 3.8) is 0 Å². The summed E-state index contributed by atoms with van der Waals surface area (Å²) >= 11 is 5.98. The molecule has 0 saturated heterocycles. The van der Waals surface area contributed by atoms with Crippen LogP contribution in [-0.4, -0.2) is 7.11 Å². The molecule has 0 saturated carbocycles. The molecule has 2 rings (SSSR count). The topological polar surface area (TPSA) is 21.3 Å². The van der Waals surface area contributed by atoms with Gasteiger partial charge in [-0.2, -0.15) is 0 Å². The van der Waals surface area contributed by atoms with Crippen molar-refractivity contribution in [1.29, 1.82) is 0 Å². The van der Waals surface area contributed by atoms with Crippen molar-refractivity contribution in [3.05, 3.63) is 64.7 Å². The van der Waals surface area contributed by atoms with Gasteiger partial charge in [0.25, 0.3) is 0 Å². The lowest BCUT2D eigenvalue weighted by molar-refractivity contribution is 0.401. The van der Waals surface area contributed by atoms with Gasteiger partial charge in [0.2, 0.25) is 0 Å². The van der Waals surface area contributed by atoms with Crippen LogP contribution in [0.4, 0.5) is 0 Å². The van der Waals surface area contributed by atoms with Crippen LogP contribution in [0.25, 0.3) is 0 Å². The molecule has 19 heavy (non-hydrogen) atoms. The smallest absolute Gasteiger partial charge is 0.123 e. The number of hydrogen-bond acceptors (Lipinski definition) is 2. The Balaban J connectivity index is 2.03. The monoisotopic (exact) mass is 275 g/mol. The van der Waals surface area contributed by atoms with Gasteiger partial charge in [-0.05, 0) is 30.7 Å². The summed E-state index contributed by atoms with van der Waals surface area (Å²) in [6.07, 6.45) is 0. The van der Waals surface area contributed by atoms with Crippen LogP contribution in [0.2, 0.25) is 5.02 Å². The van der Waals surface area contributed by atoms with E-state index in [1.165, 1.54) is 5.56 Å². The van der Waals surface area contributed by atoms with Crippen molar-refractivity contribution in [3.8, 4) is 5.75 Å². The predicted octanol–water partition coefficient (Wildman–Crippen LogP) is 4.20. The highest BCUT2D eigenvalue weighted by Gasteiger charge is 2.09. The average Bonchev–Trinajstić information content (AvgIpc) is 2.45. The maximum atomic E-state index is 5.98. The zero-order valence-corrected chi connectivity index (χ0v) is 11.9. The van der Waals surface area contributed by atoms with E-state index in [1.54, 1.807) is 7.11 Å². The molecule has 0 fully saturated rings. The molecule has 0 aromatic heterocycles. The summed E-state index contributed by atoms with van der Waals surface area (Å²) in [6, 6.07) is 16.2. The number of rotatable bonds is 5. The van der Waals surface area contributed by atoms with E-state index in [9.17, 15) is 0 Å². The van der Waals surface area contributed by atoms with Crippen LogP contribution in [-0.2, 0) is 6.54 Å². The Hall–Kier alpha value is -1.51. The molecule has 3 heteroatoms. The Morgan fingerprint density at radius 2 is 1.95 bits per heavy atom. The summed E-state index contributed by atoms with van der Waals surface area (Å²) in [5, 5.41) is 4.25. The number of nitrogens with one attached hydrogen (secondary N) is 1. The lowest BCUT2D eigenvalue weighted by Gasteiger charge is -2.17. The van der Waals surface area contributed by atoms with E-state index in [-0.39, 0.29) is 6.04 Å². The van der Waals surface area contributed by atoms with E-state index in [2.05, 4.69) is 24.4 Å². The molecule has 100 valence electrons. The van der Waals surface area contributed by atoms with Crippen molar-refractivity contribution in [1.82, 2.24) is 5.32 Å². The van der Waals surface area contributed by atoms with Crippen molar-refractivity contribution in [2.75, 3.05) is 7.11 Å². The quantitative estimate of drug-likeness (QED) is 0.883. The molecular formula is C16H18ClNO. The van der Waals surface area contributed by atoms with E-state index in [0.29, 0.717) is 0 Å². The van der Waals surface area contributed by atoms with Gasteiger partial charge < -0.3 is 10.1 Å². The maximum Gasteiger partial charge on any atom is 0.123 e. The Morgan fingerprint density at radius 1 is 1.16 bits per heavy atom. The summed E-state index contributed by atoms with van der Waals surface area (Å²) in [6.45, 7) is 2.90. The van der Waals surface area contributed by atoms with E-state index in [0.717, 1.165) is 22.9 Å². The summed E-state index contributed by atoms with van der Waals surface area (Å²) in [7, 11) is 1.70. The summed E-state index contributed by atoms with van der Waals surface area (Å²) in [4.78, 5) is 0. The highest BCUT2D eigenvalue weighted by atomic mass is 35.5. The third-order valence-electron chi connectivity index (χ3n) is 3.11. The number of halogens is 1. The van der Waals surface area contributed by atoms with Crippen molar-refractivity contribution in [2.24, 2.45) is 0 Å². The molecule has 0 aliphatic rings. The molecule has 2 aromatic rings. The first-order chi connectivity index (χ1) is 9.20. The largest absolute Gasteiger partial charge is 0.496 e. The molecule has 0 aliphatic carbocycles. The van der Waals surface area contributed by atoms with E-state index in [4.69, 9.17) is 16.3 Å². The molecule has 1 atom stereocenters. The van der Waals surface area contributed by atoms with Gasteiger partial charge in [0.1, 0.15) is 5.75 Å². The first kappa shape index (κ1) is 13.9. The fourth-order valence-corrected chi connectivity index (χ4v) is 2.26. The van der Waals surface area contributed by atoms with Crippen molar-refractivity contribution >= 4 is 11.6 Å². The fraction of sp³-hybridized carbons (Fsp3) is 0.250. The average molecular weight is 276 g/mol. The molecule has 0 aliphatic heterocycles. The number of para-hydroxylation sites is 1.